The molecule has 1 saturated carbocycles. The van der Waals surface area contributed by atoms with Gasteiger partial charge in [-0.05, 0) is 30.7 Å². The lowest BCUT2D eigenvalue weighted by molar-refractivity contribution is 0.111. The molecule has 6 nitrogen and oxygen atoms in total. The average molecular weight is 297 g/mol. The first kappa shape index (κ1) is 13.4. The smallest absolute Gasteiger partial charge is 0.225 e. The van der Waals surface area contributed by atoms with Crippen LogP contribution in [0.25, 0.3) is 0 Å². The van der Waals surface area contributed by atoms with Crippen molar-refractivity contribution in [3.05, 3.63) is 35.4 Å². The van der Waals surface area contributed by atoms with Crippen LogP contribution in [0.3, 0.4) is 0 Å². The van der Waals surface area contributed by atoms with Gasteiger partial charge in [-0.25, -0.2) is 9.97 Å². The summed E-state index contributed by atoms with van der Waals surface area (Å²) in [5.74, 6) is 2.33. The Kier molecular flexibility index (Phi) is 3.17. The molecule has 2 aromatic heterocycles. The summed E-state index contributed by atoms with van der Waals surface area (Å²) in [6, 6.07) is 1.99. The van der Waals surface area contributed by atoms with Gasteiger partial charge in [-0.2, -0.15) is 5.10 Å². The molecule has 0 amide bonds. The minimum absolute atomic E-state index is 0.471. The fourth-order valence-electron chi connectivity index (χ4n) is 3.20. The van der Waals surface area contributed by atoms with E-state index >= 15 is 0 Å². The Morgan fingerprint density at radius 2 is 2.18 bits per heavy atom. The topological polar surface area (TPSA) is 63.9 Å². The fourth-order valence-corrected chi connectivity index (χ4v) is 3.20. The van der Waals surface area contributed by atoms with Crippen molar-refractivity contribution in [1.29, 1.82) is 0 Å². The second kappa shape index (κ2) is 5.19. The highest BCUT2D eigenvalue weighted by molar-refractivity contribution is 5.74. The first-order valence-electron chi connectivity index (χ1n) is 7.85. The minimum Gasteiger partial charge on any atom is -0.340 e. The highest BCUT2D eigenvalue weighted by Crippen LogP contribution is 2.45. The van der Waals surface area contributed by atoms with Crippen LogP contribution in [0.4, 0.5) is 5.95 Å². The van der Waals surface area contributed by atoms with Crippen LogP contribution in [-0.2, 0) is 13.0 Å². The van der Waals surface area contributed by atoms with Crippen molar-refractivity contribution in [2.75, 3.05) is 18.0 Å². The molecule has 6 heteroatoms. The quantitative estimate of drug-likeness (QED) is 0.784. The van der Waals surface area contributed by atoms with Crippen molar-refractivity contribution in [3.63, 3.8) is 0 Å². The number of piperidine rings is 1. The Bertz CT molecular complexity index is 700. The van der Waals surface area contributed by atoms with Gasteiger partial charge in [0.2, 0.25) is 5.95 Å². The molecule has 2 fully saturated rings. The number of rotatable bonds is 5. The van der Waals surface area contributed by atoms with Gasteiger partial charge in [0.25, 0.3) is 0 Å². The second-order valence-electron chi connectivity index (χ2n) is 6.22. The Morgan fingerprint density at radius 3 is 2.86 bits per heavy atom. The van der Waals surface area contributed by atoms with E-state index in [2.05, 4.69) is 26.9 Å². The summed E-state index contributed by atoms with van der Waals surface area (Å²) in [4.78, 5) is 22.5. The number of hydrogen-bond donors (Lipinski definition) is 0. The van der Waals surface area contributed by atoms with Gasteiger partial charge in [-0.3, -0.25) is 9.48 Å². The van der Waals surface area contributed by atoms with Gasteiger partial charge in [0.1, 0.15) is 5.69 Å². The first-order valence-corrected chi connectivity index (χ1v) is 7.85. The third-order valence-corrected chi connectivity index (χ3v) is 4.65. The minimum atomic E-state index is 0.471. The third-order valence-electron chi connectivity index (χ3n) is 4.65. The zero-order valence-corrected chi connectivity index (χ0v) is 12.6. The number of nitrogens with zero attached hydrogens (tertiary/aromatic N) is 5. The molecule has 0 N–H and O–H groups in total. The van der Waals surface area contributed by atoms with Gasteiger partial charge in [0, 0.05) is 31.0 Å². The molecular formula is C16H19N5O. The molecule has 3 heterocycles. The lowest BCUT2D eigenvalue weighted by atomic mass is 10.2. The maximum Gasteiger partial charge on any atom is 0.225 e. The molecule has 2 aromatic rings. The van der Waals surface area contributed by atoms with E-state index in [0.29, 0.717) is 18.2 Å². The largest absolute Gasteiger partial charge is 0.340 e. The van der Waals surface area contributed by atoms with E-state index in [4.69, 9.17) is 0 Å². The van der Waals surface area contributed by atoms with Crippen molar-refractivity contribution in [2.24, 2.45) is 11.8 Å². The standard InChI is InChI=1S/C16H19N5O/c1-2-14-3-4-21(19-14)9-13-6-17-16(18-15(13)10-22)20-7-11-5-12(11)8-20/h3-4,6,10-12H,2,5,7-9H2,1H3. The van der Waals surface area contributed by atoms with Crippen LogP contribution in [0.1, 0.15) is 35.1 Å². The van der Waals surface area contributed by atoms with Crippen molar-refractivity contribution in [3.8, 4) is 0 Å². The molecule has 2 atom stereocenters. The van der Waals surface area contributed by atoms with E-state index in [1.807, 2.05) is 16.9 Å². The maximum absolute atomic E-state index is 11.4. The number of aryl methyl sites for hydroxylation is 1. The Labute approximate surface area is 129 Å². The lowest BCUT2D eigenvalue weighted by Gasteiger charge is -2.18. The number of anilines is 1. The number of aldehydes is 1. The lowest BCUT2D eigenvalue weighted by Crippen LogP contribution is -2.25. The van der Waals surface area contributed by atoms with Gasteiger partial charge in [0.05, 0.1) is 12.2 Å². The van der Waals surface area contributed by atoms with Gasteiger partial charge < -0.3 is 4.90 Å². The molecule has 2 aliphatic rings. The van der Waals surface area contributed by atoms with Crippen LogP contribution in [0, 0.1) is 11.8 Å². The summed E-state index contributed by atoms with van der Waals surface area (Å²) in [6.07, 6.45) is 6.76. The molecular weight excluding hydrogens is 278 g/mol. The highest BCUT2D eigenvalue weighted by atomic mass is 16.1. The van der Waals surface area contributed by atoms with Crippen molar-refractivity contribution >= 4 is 12.2 Å². The molecule has 114 valence electrons. The third kappa shape index (κ3) is 2.38. The number of aromatic nitrogens is 4. The van der Waals surface area contributed by atoms with E-state index in [0.717, 1.165) is 48.9 Å². The molecule has 0 radical (unpaired) electrons. The van der Waals surface area contributed by atoms with E-state index in [1.54, 1.807) is 6.20 Å². The number of carbonyl (C=O) groups excluding carboxylic acids is 1. The van der Waals surface area contributed by atoms with Crippen LogP contribution in [0.15, 0.2) is 18.5 Å². The summed E-state index contributed by atoms with van der Waals surface area (Å²) in [7, 11) is 0. The zero-order valence-electron chi connectivity index (χ0n) is 12.6. The summed E-state index contributed by atoms with van der Waals surface area (Å²) in [5.41, 5.74) is 2.33. The molecule has 4 rings (SSSR count). The maximum atomic E-state index is 11.4. The summed E-state index contributed by atoms with van der Waals surface area (Å²) < 4.78 is 1.83. The zero-order chi connectivity index (χ0) is 15.1. The Morgan fingerprint density at radius 1 is 1.36 bits per heavy atom. The summed E-state index contributed by atoms with van der Waals surface area (Å²) in [5, 5.41) is 4.45. The van der Waals surface area contributed by atoms with Gasteiger partial charge in [0.15, 0.2) is 6.29 Å². The van der Waals surface area contributed by atoms with Crippen LogP contribution in [0.2, 0.25) is 0 Å². The molecule has 0 spiro atoms. The number of carbonyl (C=O) groups is 1. The van der Waals surface area contributed by atoms with Gasteiger partial charge in [-0.15, -0.1) is 0 Å². The molecule has 1 aliphatic heterocycles. The van der Waals surface area contributed by atoms with Crippen LogP contribution in [-0.4, -0.2) is 39.1 Å². The second-order valence-corrected chi connectivity index (χ2v) is 6.22. The molecule has 0 aromatic carbocycles. The molecule has 1 aliphatic carbocycles. The normalized spacial score (nSPS) is 22.7. The number of fused-ring (bicyclic) bond motifs is 1. The van der Waals surface area contributed by atoms with E-state index in [1.165, 1.54) is 6.42 Å². The van der Waals surface area contributed by atoms with Crippen LogP contribution >= 0.6 is 0 Å². The van der Waals surface area contributed by atoms with Crippen molar-refractivity contribution in [1.82, 2.24) is 19.7 Å². The Hall–Kier alpha value is -2.24. The van der Waals surface area contributed by atoms with E-state index in [9.17, 15) is 4.79 Å². The molecule has 2 unspecified atom stereocenters. The molecule has 22 heavy (non-hydrogen) atoms. The predicted octanol–water partition coefficient (Wildman–Crippen LogP) is 1.55. The van der Waals surface area contributed by atoms with Crippen molar-refractivity contribution in [2.45, 2.75) is 26.3 Å². The average Bonchev–Trinajstić information content (AvgIpc) is 2.97. The van der Waals surface area contributed by atoms with Crippen molar-refractivity contribution < 1.29 is 4.79 Å². The summed E-state index contributed by atoms with van der Waals surface area (Å²) in [6.45, 7) is 4.66. The van der Waals surface area contributed by atoms with Crippen LogP contribution < -0.4 is 4.90 Å². The molecule has 0 bridgehead atoms. The van der Waals surface area contributed by atoms with Gasteiger partial charge in [-0.1, -0.05) is 6.92 Å². The van der Waals surface area contributed by atoms with E-state index < -0.39 is 0 Å². The molecule has 1 saturated heterocycles. The van der Waals surface area contributed by atoms with Crippen LogP contribution in [0.5, 0.6) is 0 Å². The predicted molar refractivity (Wildman–Crippen MR) is 81.9 cm³/mol. The monoisotopic (exact) mass is 297 g/mol. The fraction of sp³-hybridized carbons (Fsp3) is 0.500. The van der Waals surface area contributed by atoms with E-state index in [-0.39, 0.29) is 0 Å². The first-order chi connectivity index (χ1) is 10.8. The Balaban J connectivity index is 1.55. The van der Waals surface area contributed by atoms with Gasteiger partial charge >= 0.3 is 0 Å². The summed E-state index contributed by atoms with van der Waals surface area (Å²) >= 11 is 0. The SMILES string of the molecule is CCc1ccn(Cc2cnc(N3CC4CC4C3)nc2C=O)n1. The highest BCUT2D eigenvalue weighted by Gasteiger charge is 2.45. The number of hydrogen-bond acceptors (Lipinski definition) is 5.